The first kappa shape index (κ1) is 11.1. The Balaban J connectivity index is 2.57. The normalized spacial score (nSPS) is 12.1. The van der Waals surface area contributed by atoms with E-state index in [0.29, 0.717) is 5.88 Å². The van der Waals surface area contributed by atoms with Crippen molar-refractivity contribution in [2.75, 3.05) is 12.5 Å². The number of hydrogen-bond acceptors (Lipinski definition) is 2. The number of benzene rings is 1. The van der Waals surface area contributed by atoms with Gasteiger partial charge in [-0.15, -0.1) is 11.6 Å². The van der Waals surface area contributed by atoms with Crippen LogP contribution in [0.1, 0.15) is 18.4 Å². The van der Waals surface area contributed by atoms with Crippen molar-refractivity contribution >= 4 is 17.6 Å². The van der Waals surface area contributed by atoms with Crippen LogP contribution in [-0.2, 0) is 9.53 Å². The number of carbonyl (C=O) groups is 1. The van der Waals surface area contributed by atoms with Gasteiger partial charge in [0.05, 0.1) is 11.8 Å². The standard InChI is InChI=1S/C11H13ClO2/c1-9(11(13)14-8-7-12)10-5-3-2-4-6-10/h2-6,9H,7-8H2,1H3/t9-/m1/s1. The Labute approximate surface area is 88.8 Å². The zero-order valence-corrected chi connectivity index (χ0v) is 8.83. The van der Waals surface area contributed by atoms with Crippen LogP contribution in [0.4, 0.5) is 0 Å². The van der Waals surface area contributed by atoms with Crippen molar-refractivity contribution in [2.24, 2.45) is 0 Å². The molecule has 0 heterocycles. The first-order valence-corrected chi connectivity index (χ1v) is 5.06. The summed E-state index contributed by atoms with van der Waals surface area (Å²) in [6, 6.07) is 9.54. The van der Waals surface area contributed by atoms with Gasteiger partial charge in [0.25, 0.3) is 0 Å². The van der Waals surface area contributed by atoms with Crippen LogP contribution in [-0.4, -0.2) is 18.5 Å². The van der Waals surface area contributed by atoms with Gasteiger partial charge in [0.1, 0.15) is 6.61 Å². The third-order valence-corrected chi connectivity index (χ3v) is 2.13. The molecular formula is C11H13ClO2. The smallest absolute Gasteiger partial charge is 0.313 e. The average molecular weight is 213 g/mol. The van der Waals surface area contributed by atoms with E-state index < -0.39 is 0 Å². The van der Waals surface area contributed by atoms with Gasteiger partial charge >= 0.3 is 5.97 Å². The second-order valence-corrected chi connectivity index (χ2v) is 3.37. The van der Waals surface area contributed by atoms with Crippen molar-refractivity contribution < 1.29 is 9.53 Å². The largest absolute Gasteiger partial charge is 0.464 e. The molecular weight excluding hydrogens is 200 g/mol. The van der Waals surface area contributed by atoms with Gasteiger partial charge in [0.2, 0.25) is 0 Å². The van der Waals surface area contributed by atoms with E-state index in [1.165, 1.54) is 0 Å². The Bertz CT molecular complexity index is 285. The molecule has 14 heavy (non-hydrogen) atoms. The van der Waals surface area contributed by atoms with Gasteiger partial charge < -0.3 is 4.74 Å². The fourth-order valence-corrected chi connectivity index (χ4v) is 1.22. The number of rotatable bonds is 4. The molecule has 1 aromatic carbocycles. The first-order chi connectivity index (χ1) is 6.75. The maximum absolute atomic E-state index is 11.4. The number of esters is 1. The highest BCUT2D eigenvalue weighted by Crippen LogP contribution is 2.15. The monoisotopic (exact) mass is 212 g/mol. The summed E-state index contributed by atoms with van der Waals surface area (Å²) in [6.07, 6.45) is 0. The summed E-state index contributed by atoms with van der Waals surface area (Å²) in [5.41, 5.74) is 0.965. The van der Waals surface area contributed by atoms with Crippen LogP contribution in [0.3, 0.4) is 0 Å². The fourth-order valence-electron chi connectivity index (χ4n) is 1.14. The number of ether oxygens (including phenoxy) is 1. The minimum atomic E-state index is -0.225. The SMILES string of the molecule is C[C@@H](C(=O)OCCCl)c1ccccc1. The van der Waals surface area contributed by atoms with Crippen LogP contribution >= 0.6 is 11.6 Å². The predicted octanol–water partition coefficient (Wildman–Crippen LogP) is 2.57. The topological polar surface area (TPSA) is 26.3 Å². The van der Waals surface area contributed by atoms with Crippen molar-refractivity contribution in [3.05, 3.63) is 35.9 Å². The van der Waals surface area contributed by atoms with Gasteiger partial charge in [-0.05, 0) is 12.5 Å². The Morgan fingerprint density at radius 2 is 2.07 bits per heavy atom. The van der Waals surface area contributed by atoms with Crippen LogP contribution < -0.4 is 0 Å². The molecule has 0 fully saturated rings. The molecule has 0 amide bonds. The lowest BCUT2D eigenvalue weighted by molar-refractivity contribution is -0.144. The quantitative estimate of drug-likeness (QED) is 0.567. The molecule has 0 aliphatic heterocycles. The van der Waals surface area contributed by atoms with Gasteiger partial charge in [0, 0.05) is 0 Å². The molecule has 76 valence electrons. The molecule has 1 rings (SSSR count). The highest BCUT2D eigenvalue weighted by atomic mass is 35.5. The molecule has 0 bridgehead atoms. The van der Waals surface area contributed by atoms with Crippen LogP contribution in [0.5, 0.6) is 0 Å². The number of alkyl halides is 1. The van der Waals surface area contributed by atoms with Crippen molar-refractivity contribution in [2.45, 2.75) is 12.8 Å². The Morgan fingerprint density at radius 3 is 2.64 bits per heavy atom. The third kappa shape index (κ3) is 3.04. The Morgan fingerprint density at radius 1 is 1.43 bits per heavy atom. The lowest BCUT2D eigenvalue weighted by Crippen LogP contribution is -2.14. The molecule has 0 N–H and O–H groups in total. The minimum absolute atomic E-state index is 0.223. The van der Waals surface area contributed by atoms with Crippen molar-refractivity contribution in [1.29, 1.82) is 0 Å². The highest BCUT2D eigenvalue weighted by Gasteiger charge is 2.15. The lowest BCUT2D eigenvalue weighted by Gasteiger charge is -2.10. The molecule has 0 saturated heterocycles. The number of hydrogen-bond donors (Lipinski definition) is 0. The zero-order valence-electron chi connectivity index (χ0n) is 8.07. The van der Waals surface area contributed by atoms with E-state index in [0.717, 1.165) is 5.56 Å². The Hall–Kier alpha value is -1.02. The summed E-state index contributed by atoms with van der Waals surface area (Å²) in [7, 11) is 0. The lowest BCUT2D eigenvalue weighted by atomic mass is 10.0. The minimum Gasteiger partial charge on any atom is -0.464 e. The summed E-state index contributed by atoms with van der Waals surface area (Å²) >= 11 is 5.42. The zero-order chi connectivity index (χ0) is 10.4. The molecule has 3 heteroatoms. The average Bonchev–Trinajstić information content (AvgIpc) is 2.26. The summed E-state index contributed by atoms with van der Waals surface area (Å²) in [5.74, 6) is -0.107. The molecule has 0 aromatic heterocycles. The van der Waals surface area contributed by atoms with E-state index in [-0.39, 0.29) is 18.5 Å². The molecule has 0 unspecified atom stereocenters. The molecule has 2 nitrogen and oxygen atoms in total. The van der Waals surface area contributed by atoms with Crippen molar-refractivity contribution in [3.63, 3.8) is 0 Å². The molecule has 0 saturated carbocycles. The molecule has 0 aliphatic rings. The van der Waals surface area contributed by atoms with Gasteiger partial charge in [-0.3, -0.25) is 4.79 Å². The van der Waals surface area contributed by atoms with Crippen LogP contribution in [0.15, 0.2) is 30.3 Å². The fraction of sp³-hybridized carbons (Fsp3) is 0.364. The maximum Gasteiger partial charge on any atom is 0.313 e. The molecule has 0 radical (unpaired) electrons. The third-order valence-electron chi connectivity index (χ3n) is 1.97. The van der Waals surface area contributed by atoms with E-state index in [4.69, 9.17) is 16.3 Å². The first-order valence-electron chi connectivity index (χ1n) is 4.53. The molecule has 0 aliphatic carbocycles. The summed E-state index contributed by atoms with van der Waals surface area (Å²) in [5, 5.41) is 0. The molecule has 1 aromatic rings. The predicted molar refractivity (Wildman–Crippen MR) is 56.5 cm³/mol. The van der Waals surface area contributed by atoms with E-state index >= 15 is 0 Å². The van der Waals surface area contributed by atoms with Crippen LogP contribution in [0.2, 0.25) is 0 Å². The van der Waals surface area contributed by atoms with Crippen LogP contribution in [0.25, 0.3) is 0 Å². The second-order valence-electron chi connectivity index (χ2n) is 2.99. The molecule has 0 spiro atoms. The highest BCUT2D eigenvalue weighted by molar-refractivity contribution is 6.18. The number of carbonyl (C=O) groups excluding carboxylic acids is 1. The van der Waals surface area contributed by atoms with Gasteiger partial charge in [-0.2, -0.15) is 0 Å². The van der Waals surface area contributed by atoms with Crippen molar-refractivity contribution in [3.8, 4) is 0 Å². The second kappa shape index (κ2) is 5.66. The van der Waals surface area contributed by atoms with Gasteiger partial charge in [-0.1, -0.05) is 30.3 Å². The van der Waals surface area contributed by atoms with E-state index in [1.54, 1.807) is 0 Å². The number of halogens is 1. The van der Waals surface area contributed by atoms with E-state index in [9.17, 15) is 4.79 Å². The van der Waals surface area contributed by atoms with Crippen molar-refractivity contribution in [1.82, 2.24) is 0 Å². The van der Waals surface area contributed by atoms with Gasteiger partial charge in [-0.25, -0.2) is 0 Å². The molecule has 1 atom stereocenters. The van der Waals surface area contributed by atoms with Gasteiger partial charge in [0.15, 0.2) is 0 Å². The summed E-state index contributed by atoms with van der Waals surface area (Å²) in [6.45, 7) is 2.10. The van der Waals surface area contributed by atoms with E-state index in [2.05, 4.69) is 0 Å². The van der Waals surface area contributed by atoms with E-state index in [1.807, 2.05) is 37.3 Å². The maximum atomic E-state index is 11.4. The summed E-state index contributed by atoms with van der Waals surface area (Å²) < 4.78 is 4.94. The summed E-state index contributed by atoms with van der Waals surface area (Å²) in [4.78, 5) is 11.4. The van der Waals surface area contributed by atoms with Crippen LogP contribution in [0, 0.1) is 0 Å². The Kier molecular flexibility index (Phi) is 4.47.